The molecule has 1 unspecified atom stereocenters. The van der Waals surface area contributed by atoms with Gasteiger partial charge in [0.15, 0.2) is 17.7 Å². The molecule has 2 aromatic rings. The van der Waals surface area contributed by atoms with Crippen LogP contribution in [0.15, 0.2) is 24.4 Å². The van der Waals surface area contributed by atoms with Crippen LogP contribution in [0.1, 0.15) is 45.4 Å². The highest BCUT2D eigenvalue weighted by Crippen LogP contribution is 2.42. The van der Waals surface area contributed by atoms with Crippen LogP contribution in [-0.4, -0.2) is 22.9 Å². The Labute approximate surface area is 174 Å². The third-order valence-corrected chi connectivity index (χ3v) is 4.66. The summed E-state index contributed by atoms with van der Waals surface area (Å²) in [6.45, 7) is 8.95. The van der Waals surface area contributed by atoms with Crippen molar-refractivity contribution in [3.05, 3.63) is 47.3 Å². The summed E-state index contributed by atoms with van der Waals surface area (Å²) < 4.78 is 34.0. The first kappa shape index (κ1) is 21.7. The summed E-state index contributed by atoms with van der Waals surface area (Å²) in [7, 11) is 0. The number of hydrogen-bond donors (Lipinski definition) is 1. The molecule has 0 spiro atoms. The summed E-state index contributed by atoms with van der Waals surface area (Å²) in [4.78, 5) is 30.4. The van der Waals surface area contributed by atoms with Crippen LogP contribution in [0.2, 0.25) is 0 Å². The van der Waals surface area contributed by atoms with Gasteiger partial charge in [0.1, 0.15) is 5.82 Å². The third kappa shape index (κ3) is 4.58. The second-order valence-corrected chi connectivity index (χ2v) is 8.67. The molecule has 6 nitrogen and oxygen atoms in total. The first-order valence-corrected chi connectivity index (χ1v) is 9.67. The summed E-state index contributed by atoms with van der Waals surface area (Å²) in [5, 5.41) is 2.63. The van der Waals surface area contributed by atoms with Crippen molar-refractivity contribution in [1.29, 1.82) is 0 Å². The molecule has 8 heteroatoms. The summed E-state index contributed by atoms with van der Waals surface area (Å²) in [6.07, 6.45) is 0.360. The largest absolute Gasteiger partial charge is 0.476 e. The van der Waals surface area contributed by atoms with E-state index in [9.17, 15) is 14.0 Å². The number of amides is 2. The van der Waals surface area contributed by atoms with Crippen LogP contribution >= 0.6 is 0 Å². The van der Waals surface area contributed by atoms with Gasteiger partial charge in [0.2, 0.25) is 5.91 Å². The maximum absolute atomic E-state index is 15.3. The summed E-state index contributed by atoms with van der Waals surface area (Å²) in [5.74, 6) is -2.00. The molecule has 160 valence electrons. The van der Waals surface area contributed by atoms with Crippen LogP contribution in [0, 0.1) is 24.0 Å². The predicted octanol–water partition coefficient (Wildman–Crippen LogP) is 4.36. The van der Waals surface area contributed by atoms with E-state index < -0.39 is 17.7 Å². The smallest absolute Gasteiger partial charge is 0.268 e. The van der Waals surface area contributed by atoms with Gasteiger partial charge in [-0.3, -0.25) is 19.5 Å². The first-order valence-electron chi connectivity index (χ1n) is 9.67. The van der Waals surface area contributed by atoms with Gasteiger partial charge in [0.25, 0.3) is 5.91 Å². The van der Waals surface area contributed by atoms with Gasteiger partial charge >= 0.3 is 0 Å². The van der Waals surface area contributed by atoms with Gasteiger partial charge in [-0.1, -0.05) is 20.8 Å². The Morgan fingerprint density at radius 3 is 2.60 bits per heavy atom. The number of aryl methyl sites for hydroxylation is 1. The Bertz CT molecular complexity index is 985. The van der Waals surface area contributed by atoms with Crippen LogP contribution in [0.5, 0.6) is 5.75 Å². The Kier molecular flexibility index (Phi) is 5.78. The topological polar surface area (TPSA) is 71.5 Å². The van der Waals surface area contributed by atoms with E-state index in [-0.39, 0.29) is 47.3 Å². The molecule has 0 bridgehead atoms. The predicted molar refractivity (Wildman–Crippen MR) is 109 cm³/mol. The standard InChI is InChI=1S/C22H25F2N3O3/c1-12-8-16-20(18(24)19(12)26-17(28)9-22(3,4)5)30-13(2)21(29)27(16)11-15-7-6-14(23)10-25-15/h6-8,10,13H,9,11H2,1-5H3,(H,26,28). The van der Waals surface area contributed by atoms with Crippen LogP contribution < -0.4 is 15.0 Å². The Morgan fingerprint density at radius 1 is 1.30 bits per heavy atom. The molecule has 0 saturated heterocycles. The Morgan fingerprint density at radius 2 is 2.00 bits per heavy atom. The van der Waals surface area contributed by atoms with E-state index in [4.69, 9.17) is 4.74 Å². The van der Waals surface area contributed by atoms with E-state index in [1.54, 1.807) is 13.0 Å². The first-order chi connectivity index (χ1) is 14.0. The fourth-order valence-electron chi connectivity index (χ4n) is 3.26. The zero-order chi connectivity index (χ0) is 22.2. The van der Waals surface area contributed by atoms with Crippen molar-refractivity contribution >= 4 is 23.2 Å². The molecular weight excluding hydrogens is 392 g/mol. The molecule has 1 N–H and O–H groups in total. The van der Waals surface area contributed by atoms with Gasteiger partial charge in [-0.15, -0.1) is 0 Å². The van der Waals surface area contributed by atoms with Crippen LogP contribution in [0.4, 0.5) is 20.2 Å². The second kappa shape index (κ2) is 8.01. The number of ether oxygens (including phenoxy) is 1. The highest BCUT2D eigenvalue weighted by atomic mass is 19.1. The number of halogens is 2. The lowest BCUT2D eigenvalue weighted by atomic mass is 9.92. The minimum atomic E-state index is -0.923. The van der Waals surface area contributed by atoms with Gasteiger partial charge in [-0.2, -0.15) is 0 Å². The fourth-order valence-corrected chi connectivity index (χ4v) is 3.26. The number of nitrogens with zero attached hydrogens (tertiary/aromatic N) is 2. The van der Waals surface area contributed by atoms with Crippen molar-refractivity contribution in [1.82, 2.24) is 4.98 Å². The van der Waals surface area contributed by atoms with E-state index in [1.807, 2.05) is 20.8 Å². The van der Waals surface area contributed by atoms with Gasteiger partial charge in [-0.05, 0) is 43.0 Å². The summed E-state index contributed by atoms with van der Waals surface area (Å²) in [6, 6.07) is 4.31. The number of rotatable bonds is 4. The minimum Gasteiger partial charge on any atom is -0.476 e. The molecule has 0 fully saturated rings. The van der Waals surface area contributed by atoms with Crippen molar-refractivity contribution in [3.8, 4) is 5.75 Å². The maximum atomic E-state index is 15.3. The quantitative estimate of drug-likeness (QED) is 0.803. The van der Waals surface area contributed by atoms with E-state index in [0.29, 0.717) is 11.3 Å². The minimum absolute atomic E-state index is 0.0319. The van der Waals surface area contributed by atoms with E-state index in [2.05, 4.69) is 10.3 Å². The zero-order valence-corrected chi connectivity index (χ0v) is 17.7. The number of benzene rings is 1. The zero-order valence-electron chi connectivity index (χ0n) is 17.7. The second-order valence-electron chi connectivity index (χ2n) is 8.67. The summed E-state index contributed by atoms with van der Waals surface area (Å²) >= 11 is 0. The highest BCUT2D eigenvalue weighted by molar-refractivity contribution is 6.01. The lowest BCUT2D eigenvalue weighted by Crippen LogP contribution is -2.44. The van der Waals surface area contributed by atoms with E-state index in [1.165, 1.54) is 24.0 Å². The fraction of sp³-hybridized carbons (Fsp3) is 0.409. The van der Waals surface area contributed by atoms with Crippen molar-refractivity contribution in [2.24, 2.45) is 5.41 Å². The SMILES string of the molecule is Cc1cc2c(c(F)c1NC(=O)CC(C)(C)C)OC(C)C(=O)N2Cc1ccc(F)cn1. The van der Waals surface area contributed by atoms with Crippen molar-refractivity contribution in [3.63, 3.8) is 0 Å². The number of fused-ring (bicyclic) bond motifs is 1. The van der Waals surface area contributed by atoms with Crippen LogP contribution in [0.25, 0.3) is 0 Å². The van der Waals surface area contributed by atoms with Crippen molar-refractivity contribution < 1.29 is 23.1 Å². The normalized spacial score (nSPS) is 16.2. The molecule has 1 atom stereocenters. The number of pyridine rings is 1. The average molecular weight is 417 g/mol. The van der Waals surface area contributed by atoms with Gasteiger partial charge in [0, 0.05) is 6.42 Å². The monoisotopic (exact) mass is 417 g/mol. The lowest BCUT2D eigenvalue weighted by molar-refractivity contribution is -0.125. The molecule has 1 aliphatic heterocycles. The number of nitrogens with one attached hydrogen (secondary N) is 1. The number of carbonyl (C=O) groups is 2. The Hall–Kier alpha value is -3.03. The molecule has 2 heterocycles. The van der Waals surface area contributed by atoms with Gasteiger partial charge in [-0.25, -0.2) is 8.78 Å². The van der Waals surface area contributed by atoms with Crippen LogP contribution in [0.3, 0.4) is 0 Å². The third-order valence-electron chi connectivity index (χ3n) is 4.66. The Balaban J connectivity index is 1.97. The van der Waals surface area contributed by atoms with E-state index in [0.717, 1.165) is 6.20 Å². The molecule has 0 saturated carbocycles. The van der Waals surface area contributed by atoms with Crippen molar-refractivity contribution in [2.75, 3.05) is 10.2 Å². The average Bonchev–Trinajstić information content (AvgIpc) is 2.64. The van der Waals surface area contributed by atoms with Crippen LogP contribution in [-0.2, 0) is 16.1 Å². The number of carbonyl (C=O) groups excluding carboxylic acids is 2. The molecule has 0 aliphatic carbocycles. The molecule has 3 rings (SSSR count). The molecule has 1 aliphatic rings. The summed E-state index contributed by atoms with van der Waals surface area (Å²) in [5.41, 5.74) is 0.929. The highest BCUT2D eigenvalue weighted by Gasteiger charge is 2.35. The molecule has 0 radical (unpaired) electrons. The van der Waals surface area contributed by atoms with E-state index >= 15 is 4.39 Å². The number of aromatic nitrogens is 1. The number of anilines is 2. The van der Waals surface area contributed by atoms with Gasteiger partial charge < -0.3 is 10.1 Å². The van der Waals surface area contributed by atoms with Gasteiger partial charge in [0.05, 0.1) is 29.8 Å². The lowest BCUT2D eigenvalue weighted by Gasteiger charge is -2.34. The maximum Gasteiger partial charge on any atom is 0.268 e. The van der Waals surface area contributed by atoms with Crippen molar-refractivity contribution in [2.45, 2.75) is 53.7 Å². The molecular formula is C22H25F2N3O3. The molecule has 1 aromatic heterocycles. The molecule has 2 amide bonds. The number of hydrogen-bond acceptors (Lipinski definition) is 4. The molecule has 1 aromatic carbocycles. The molecule has 30 heavy (non-hydrogen) atoms.